The Morgan fingerprint density at radius 2 is 2.21 bits per heavy atom. The molecule has 3 N–H and O–H groups in total. The number of benzene rings is 1. The monoisotopic (exact) mass is 387 g/mol. The molecule has 1 aliphatic heterocycles. The van der Waals surface area contributed by atoms with Crippen LogP contribution in [0, 0.1) is 11.3 Å². The molecule has 1 fully saturated rings. The predicted molar refractivity (Wildman–Crippen MR) is 107 cm³/mol. The number of halogens is 1. The molecule has 0 spiro atoms. The maximum Gasteiger partial charge on any atom is 0.132 e. The number of rotatable bonds is 8. The van der Waals surface area contributed by atoms with E-state index in [9.17, 15) is 4.39 Å². The summed E-state index contributed by atoms with van der Waals surface area (Å²) in [6, 6.07) is 6.97. The van der Waals surface area contributed by atoms with E-state index in [1.54, 1.807) is 31.4 Å². The van der Waals surface area contributed by atoms with Gasteiger partial charge >= 0.3 is 0 Å². The fourth-order valence-electron chi connectivity index (χ4n) is 3.29. The molecule has 0 bridgehead atoms. The molecule has 28 heavy (non-hydrogen) atoms. The van der Waals surface area contributed by atoms with Crippen LogP contribution in [0.25, 0.3) is 0 Å². The van der Waals surface area contributed by atoms with Gasteiger partial charge in [0, 0.05) is 43.4 Å². The minimum Gasteiger partial charge on any atom is -0.488 e. The van der Waals surface area contributed by atoms with E-state index in [2.05, 4.69) is 9.97 Å². The second-order valence-corrected chi connectivity index (χ2v) is 7.02. The van der Waals surface area contributed by atoms with E-state index in [4.69, 9.17) is 20.6 Å². The summed E-state index contributed by atoms with van der Waals surface area (Å²) in [6.45, 7) is 3.42. The molecule has 2 atom stereocenters. The van der Waals surface area contributed by atoms with Crippen LogP contribution in [0.3, 0.4) is 0 Å². The van der Waals surface area contributed by atoms with Crippen LogP contribution in [0.2, 0.25) is 0 Å². The molecule has 2 heterocycles. The summed E-state index contributed by atoms with van der Waals surface area (Å²) < 4.78 is 23.8. The van der Waals surface area contributed by atoms with Crippen LogP contribution in [-0.2, 0) is 4.74 Å². The highest BCUT2D eigenvalue weighted by Crippen LogP contribution is 2.26. The Hall–Kier alpha value is -2.74. The molecule has 0 unspecified atom stereocenters. The fraction of sp³-hybridized carbons (Fsp3) is 0.450. The van der Waals surface area contributed by atoms with Crippen molar-refractivity contribution < 1.29 is 13.9 Å². The molecule has 8 heteroatoms. The van der Waals surface area contributed by atoms with Crippen molar-refractivity contribution in [2.75, 3.05) is 44.1 Å². The van der Waals surface area contributed by atoms with Crippen molar-refractivity contribution in [1.82, 2.24) is 9.97 Å². The highest BCUT2D eigenvalue weighted by molar-refractivity contribution is 6.13. The molecular weight excluding hydrogens is 361 g/mol. The Morgan fingerprint density at radius 3 is 2.93 bits per heavy atom. The van der Waals surface area contributed by atoms with Gasteiger partial charge < -0.3 is 20.1 Å². The largest absolute Gasteiger partial charge is 0.488 e. The van der Waals surface area contributed by atoms with Crippen molar-refractivity contribution in [2.45, 2.75) is 19.4 Å². The van der Waals surface area contributed by atoms with Crippen LogP contribution in [0.1, 0.15) is 24.6 Å². The number of hydrogen-bond donors (Lipinski definition) is 2. The quantitative estimate of drug-likeness (QED) is 0.534. The van der Waals surface area contributed by atoms with Gasteiger partial charge in [-0.15, -0.1) is 0 Å². The molecule has 1 aromatic carbocycles. The van der Waals surface area contributed by atoms with Gasteiger partial charge in [0.25, 0.3) is 0 Å². The molecule has 1 saturated heterocycles. The van der Waals surface area contributed by atoms with Gasteiger partial charge in [0.2, 0.25) is 0 Å². The van der Waals surface area contributed by atoms with Crippen molar-refractivity contribution in [3.05, 3.63) is 41.9 Å². The van der Waals surface area contributed by atoms with Crippen LogP contribution >= 0.6 is 0 Å². The number of alkyl halides is 1. The molecule has 0 radical (unpaired) electrons. The second kappa shape index (κ2) is 8.97. The van der Waals surface area contributed by atoms with Crippen molar-refractivity contribution >= 4 is 17.2 Å². The third-order valence-corrected chi connectivity index (χ3v) is 4.77. The number of nitrogens with two attached hydrogens (primary N) is 1. The van der Waals surface area contributed by atoms with Crippen LogP contribution in [-0.4, -0.2) is 55.3 Å². The molecule has 0 aliphatic carbocycles. The number of aromatic nitrogens is 2. The number of nitrogens with one attached hydrogen (secondary N) is 1. The summed E-state index contributed by atoms with van der Waals surface area (Å²) in [5.41, 5.74) is 7.75. The van der Waals surface area contributed by atoms with Gasteiger partial charge in [-0.1, -0.05) is 0 Å². The topological polar surface area (TPSA) is 97.4 Å². The minimum absolute atomic E-state index is 0.0384. The first-order valence-electron chi connectivity index (χ1n) is 9.29. The van der Waals surface area contributed by atoms with Gasteiger partial charge in [-0.2, -0.15) is 0 Å². The Labute approximate surface area is 164 Å². The van der Waals surface area contributed by atoms with Crippen LogP contribution in [0.15, 0.2) is 30.6 Å². The molecular formula is C20H26FN5O2. The Morgan fingerprint density at radius 1 is 1.39 bits per heavy atom. The van der Waals surface area contributed by atoms with Crippen molar-refractivity contribution in [1.29, 1.82) is 5.41 Å². The van der Waals surface area contributed by atoms with E-state index in [-0.39, 0.29) is 24.4 Å². The highest BCUT2D eigenvalue weighted by atomic mass is 19.1. The lowest BCUT2D eigenvalue weighted by molar-refractivity contribution is 0.0921. The second-order valence-electron chi connectivity index (χ2n) is 7.02. The first-order valence-corrected chi connectivity index (χ1v) is 9.29. The number of hydrogen-bond acceptors (Lipinski definition) is 7. The third kappa shape index (κ3) is 4.56. The van der Waals surface area contributed by atoms with Gasteiger partial charge in [-0.3, -0.25) is 9.80 Å². The lowest BCUT2D eigenvalue weighted by Crippen LogP contribution is -2.22. The number of methoxy groups -OCH3 is 1. The standard InChI is InChI=1S/C20H26FN5O2/c1-13(11-27-2)28-15-3-4-17(22)16(7-15)20(23)18-8-19(25-12-24-18)26-6-5-14(9-21)10-26/h3-4,7-8,12-14,23H,5-6,9-11,22H2,1-2H3/t13-,14-/m0/s1. The summed E-state index contributed by atoms with van der Waals surface area (Å²) >= 11 is 0. The van der Waals surface area contributed by atoms with Gasteiger partial charge in [-0.05, 0) is 31.5 Å². The summed E-state index contributed by atoms with van der Waals surface area (Å²) in [5, 5.41) is 8.59. The highest BCUT2D eigenvalue weighted by Gasteiger charge is 2.24. The molecule has 0 saturated carbocycles. The molecule has 0 amide bonds. The zero-order valence-corrected chi connectivity index (χ0v) is 16.2. The van der Waals surface area contributed by atoms with Crippen molar-refractivity contribution in [2.24, 2.45) is 5.92 Å². The summed E-state index contributed by atoms with van der Waals surface area (Å²) in [7, 11) is 1.62. The number of nitrogen functional groups attached to an aromatic ring is 1. The van der Waals surface area contributed by atoms with E-state index >= 15 is 0 Å². The predicted octanol–water partition coefficient (Wildman–Crippen LogP) is 2.68. The molecule has 2 aromatic rings. The van der Waals surface area contributed by atoms with E-state index in [0.29, 0.717) is 41.7 Å². The Kier molecular flexibility index (Phi) is 6.41. The summed E-state index contributed by atoms with van der Waals surface area (Å²) in [4.78, 5) is 10.6. The average Bonchev–Trinajstić information content (AvgIpc) is 3.18. The fourth-order valence-corrected chi connectivity index (χ4v) is 3.29. The lowest BCUT2D eigenvalue weighted by Gasteiger charge is -2.18. The molecule has 3 rings (SSSR count). The Balaban J connectivity index is 1.81. The maximum absolute atomic E-state index is 12.9. The van der Waals surface area contributed by atoms with Crippen LogP contribution in [0.4, 0.5) is 15.9 Å². The van der Waals surface area contributed by atoms with E-state index in [1.807, 2.05) is 11.8 Å². The smallest absolute Gasteiger partial charge is 0.132 e. The lowest BCUT2D eigenvalue weighted by atomic mass is 10.0. The molecule has 1 aliphatic rings. The SMILES string of the molecule is COC[C@H](C)Oc1ccc(N)c(C(=N)c2cc(N3CC[C@@H](CF)C3)ncn2)c1. The average molecular weight is 387 g/mol. The van der Waals surface area contributed by atoms with Crippen LogP contribution in [0.5, 0.6) is 5.75 Å². The first kappa shape index (κ1) is 20.0. The summed E-state index contributed by atoms with van der Waals surface area (Å²) in [6.07, 6.45) is 2.11. The van der Waals surface area contributed by atoms with Gasteiger partial charge in [0.15, 0.2) is 0 Å². The Bertz CT molecular complexity index is 832. The van der Waals surface area contributed by atoms with E-state index in [1.165, 1.54) is 6.33 Å². The number of ether oxygens (including phenoxy) is 2. The molecule has 1 aromatic heterocycles. The minimum atomic E-state index is -0.324. The van der Waals surface area contributed by atoms with Gasteiger partial charge in [-0.25, -0.2) is 9.97 Å². The third-order valence-electron chi connectivity index (χ3n) is 4.77. The normalized spacial score (nSPS) is 17.5. The van der Waals surface area contributed by atoms with Crippen molar-refractivity contribution in [3.63, 3.8) is 0 Å². The van der Waals surface area contributed by atoms with Crippen molar-refractivity contribution in [3.8, 4) is 5.75 Å². The zero-order chi connectivity index (χ0) is 20.1. The molecule has 7 nitrogen and oxygen atoms in total. The number of nitrogens with zero attached hydrogens (tertiary/aromatic N) is 3. The van der Waals surface area contributed by atoms with Gasteiger partial charge in [0.1, 0.15) is 24.0 Å². The summed E-state index contributed by atoms with van der Waals surface area (Å²) in [5.74, 6) is 1.35. The van der Waals surface area contributed by atoms with Crippen LogP contribution < -0.4 is 15.4 Å². The van der Waals surface area contributed by atoms with E-state index in [0.717, 1.165) is 13.0 Å². The molecule has 150 valence electrons. The first-order chi connectivity index (χ1) is 13.5. The van der Waals surface area contributed by atoms with Gasteiger partial charge in [0.05, 0.1) is 24.7 Å². The number of anilines is 2. The zero-order valence-electron chi connectivity index (χ0n) is 16.2. The maximum atomic E-state index is 12.9. The van der Waals surface area contributed by atoms with E-state index < -0.39 is 0 Å².